The van der Waals surface area contributed by atoms with E-state index in [0.29, 0.717) is 34.0 Å². The van der Waals surface area contributed by atoms with Crippen LogP contribution in [0.2, 0.25) is 10.0 Å². The van der Waals surface area contributed by atoms with Gasteiger partial charge in [0.2, 0.25) is 0 Å². The first-order valence-corrected chi connectivity index (χ1v) is 12.9. The summed E-state index contributed by atoms with van der Waals surface area (Å²) in [6, 6.07) is 14.7. The maximum atomic E-state index is 13.9. The molecule has 0 amide bonds. The van der Waals surface area contributed by atoms with E-state index in [1.807, 2.05) is 0 Å². The molecule has 35 heavy (non-hydrogen) atoms. The first-order valence-electron chi connectivity index (χ1n) is 10.7. The quantitative estimate of drug-likeness (QED) is 0.317. The van der Waals surface area contributed by atoms with Crippen molar-refractivity contribution < 1.29 is 27.4 Å². The minimum Gasteiger partial charge on any atom is -0.484 e. The van der Waals surface area contributed by atoms with E-state index in [4.69, 9.17) is 33.0 Å². The van der Waals surface area contributed by atoms with E-state index in [1.54, 1.807) is 25.1 Å². The van der Waals surface area contributed by atoms with E-state index in [9.17, 15) is 17.6 Å². The molecule has 0 aliphatic rings. The second-order valence-electron chi connectivity index (χ2n) is 7.89. The van der Waals surface area contributed by atoms with Crippen LogP contribution in [-0.2, 0) is 21.2 Å². The zero-order valence-corrected chi connectivity index (χ0v) is 21.4. The molecule has 0 radical (unpaired) electrons. The highest BCUT2D eigenvalue weighted by Crippen LogP contribution is 2.37. The summed E-state index contributed by atoms with van der Waals surface area (Å²) in [5, 5.41) is 9.64. The number of carboxylic acid groups (broad SMARTS) is 1. The number of hydrogen-bond donors (Lipinski definition) is 1. The summed E-state index contributed by atoms with van der Waals surface area (Å²) < 4.78 is 47.6. The van der Waals surface area contributed by atoms with Crippen LogP contribution >= 0.6 is 23.2 Å². The second-order valence-corrected chi connectivity index (χ2v) is 10.7. The van der Waals surface area contributed by atoms with Crippen LogP contribution in [0.25, 0.3) is 0 Å². The van der Waals surface area contributed by atoms with Crippen LogP contribution in [0.4, 0.5) is 10.1 Å². The molecule has 0 aliphatic heterocycles. The highest BCUT2D eigenvalue weighted by Gasteiger charge is 2.25. The Kier molecular flexibility index (Phi) is 8.64. The maximum Gasteiger partial charge on any atom is 0.303 e. The van der Waals surface area contributed by atoms with Crippen molar-refractivity contribution in [1.29, 1.82) is 0 Å². The van der Waals surface area contributed by atoms with Gasteiger partial charge in [0.1, 0.15) is 17.7 Å². The molecule has 186 valence electrons. The SMILES string of the molecule is C[C@@H](Oc1ccc(Cl)cc1N(C)S(=O)(=O)c1ccc(Cl)cc1)c1ccc(F)cc1CCCC(=O)O. The first-order chi connectivity index (χ1) is 16.5. The number of aliphatic carboxylic acids is 1. The van der Waals surface area contributed by atoms with Gasteiger partial charge in [0.15, 0.2) is 0 Å². The van der Waals surface area contributed by atoms with Crippen LogP contribution in [-0.4, -0.2) is 26.5 Å². The average Bonchev–Trinajstić information content (AvgIpc) is 2.79. The van der Waals surface area contributed by atoms with Crippen LogP contribution in [0.15, 0.2) is 65.6 Å². The van der Waals surface area contributed by atoms with Crippen molar-refractivity contribution in [3.63, 3.8) is 0 Å². The van der Waals surface area contributed by atoms with Gasteiger partial charge in [-0.25, -0.2) is 12.8 Å². The number of carboxylic acids is 1. The summed E-state index contributed by atoms with van der Waals surface area (Å²) >= 11 is 12.1. The van der Waals surface area contributed by atoms with Crippen molar-refractivity contribution in [2.45, 2.75) is 37.2 Å². The van der Waals surface area contributed by atoms with E-state index in [1.165, 1.54) is 49.5 Å². The molecule has 0 fully saturated rings. The lowest BCUT2D eigenvalue weighted by atomic mass is 9.98. The van der Waals surface area contributed by atoms with Gasteiger partial charge in [-0.3, -0.25) is 9.10 Å². The molecule has 0 heterocycles. The molecular weight excluding hydrogens is 516 g/mol. The number of hydrogen-bond acceptors (Lipinski definition) is 4. The Bertz CT molecular complexity index is 1320. The van der Waals surface area contributed by atoms with Crippen molar-refractivity contribution in [3.05, 3.63) is 87.7 Å². The maximum absolute atomic E-state index is 13.9. The third kappa shape index (κ3) is 6.66. The lowest BCUT2D eigenvalue weighted by molar-refractivity contribution is -0.137. The Morgan fingerprint density at radius 1 is 1.06 bits per heavy atom. The minimum absolute atomic E-state index is 0.0418. The number of rotatable bonds is 10. The highest BCUT2D eigenvalue weighted by atomic mass is 35.5. The first kappa shape index (κ1) is 26.8. The molecular formula is C25H24Cl2FNO5S. The lowest BCUT2D eigenvalue weighted by Gasteiger charge is -2.25. The van der Waals surface area contributed by atoms with Gasteiger partial charge >= 0.3 is 5.97 Å². The number of benzene rings is 3. The zero-order chi connectivity index (χ0) is 25.8. The van der Waals surface area contributed by atoms with Gasteiger partial charge in [-0.2, -0.15) is 0 Å². The monoisotopic (exact) mass is 539 g/mol. The fourth-order valence-corrected chi connectivity index (χ4v) is 5.09. The number of aryl methyl sites for hydroxylation is 1. The highest BCUT2D eigenvalue weighted by molar-refractivity contribution is 7.92. The van der Waals surface area contributed by atoms with E-state index >= 15 is 0 Å². The molecule has 0 saturated carbocycles. The fraction of sp³-hybridized carbons (Fsp3) is 0.240. The summed E-state index contributed by atoms with van der Waals surface area (Å²) in [7, 11) is -2.56. The number of sulfonamides is 1. The van der Waals surface area contributed by atoms with E-state index in [2.05, 4.69) is 0 Å². The summed E-state index contributed by atoms with van der Waals surface area (Å²) in [5.74, 6) is -1.11. The van der Waals surface area contributed by atoms with E-state index in [-0.39, 0.29) is 22.8 Å². The van der Waals surface area contributed by atoms with Crippen LogP contribution in [0.3, 0.4) is 0 Å². The number of carbonyl (C=O) groups is 1. The molecule has 0 aliphatic carbocycles. The summed E-state index contributed by atoms with van der Waals surface area (Å²) in [6.45, 7) is 1.75. The van der Waals surface area contributed by atoms with Crippen molar-refractivity contribution in [3.8, 4) is 5.75 Å². The summed E-state index contributed by atoms with van der Waals surface area (Å²) in [5.41, 5.74) is 1.51. The van der Waals surface area contributed by atoms with E-state index in [0.717, 1.165) is 4.31 Å². The molecule has 0 bridgehead atoms. The Hall–Kier alpha value is -2.81. The predicted molar refractivity (Wildman–Crippen MR) is 135 cm³/mol. The van der Waals surface area contributed by atoms with Gasteiger partial charge in [-0.1, -0.05) is 29.3 Å². The number of halogens is 3. The average molecular weight is 540 g/mol. The summed E-state index contributed by atoms with van der Waals surface area (Å²) in [4.78, 5) is 10.9. The Morgan fingerprint density at radius 3 is 2.37 bits per heavy atom. The van der Waals surface area contributed by atoms with Gasteiger partial charge in [-0.15, -0.1) is 0 Å². The van der Waals surface area contributed by atoms with Crippen LogP contribution in [0.1, 0.15) is 37.0 Å². The molecule has 0 spiro atoms. The van der Waals surface area contributed by atoms with Crippen LogP contribution in [0.5, 0.6) is 5.75 Å². The van der Waals surface area contributed by atoms with Gasteiger partial charge in [0, 0.05) is 23.5 Å². The molecule has 0 aromatic heterocycles. The van der Waals surface area contributed by atoms with Gasteiger partial charge in [0.25, 0.3) is 10.0 Å². The van der Waals surface area contributed by atoms with Crippen molar-refractivity contribution in [1.82, 2.24) is 0 Å². The Morgan fingerprint density at radius 2 is 1.71 bits per heavy atom. The second kappa shape index (κ2) is 11.3. The molecule has 1 atom stereocenters. The fourth-order valence-electron chi connectivity index (χ4n) is 3.60. The molecule has 1 N–H and O–H groups in total. The third-order valence-corrected chi connectivity index (χ3v) is 7.69. The predicted octanol–water partition coefficient (Wildman–Crippen LogP) is 6.50. The van der Waals surface area contributed by atoms with Gasteiger partial charge in [0.05, 0.1) is 10.6 Å². The number of nitrogens with zero attached hydrogens (tertiary/aromatic N) is 1. The third-order valence-electron chi connectivity index (χ3n) is 5.42. The van der Waals surface area contributed by atoms with Crippen LogP contribution in [0, 0.1) is 5.82 Å². The molecule has 6 nitrogen and oxygen atoms in total. The zero-order valence-electron chi connectivity index (χ0n) is 19.0. The van der Waals surface area contributed by atoms with E-state index < -0.39 is 27.9 Å². The lowest BCUT2D eigenvalue weighted by Crippen LogP contribution is -2.27. The minimum atomic E-state index is -3.95. The molecule has 0 saturated heterocycles. The largest absolute Gasteiger partial charge is 0.484 e. The van der Waals surface area contributed by atoms with Gasteiger partial charge in [-0.05, 0) is 85.5 Å². The molecule has 3 aromatic rings. The van der Waals surface area contributed by atoms with Crippen molar-refractivity contribution >= 4 is 44.9 Å². The van der Waals surface area contributed by atoms with Gasteiger partial charge < -0.3 is 9.84 Å². The Balaban J connectivity index is 1.92. The number of ether oxygens (including phenoxy) is 1. The van der Waals surface area contributed by atoms with Crippen LogP contribution < -0.4 is 9.04 Å². The standard InChI is InChI=1S/C25H24Cl2FNO5S/c1-16(22-12-9-20(28)14-17(22)4-3-5-25(30)31)34-24-13-8-19(27)15-23(24)29(2)35(32,33)21-10-6-18(26)7-11-21/h6-16H,3-5H2,1-2H3,(H,30,31)/t16-/m1/s1. The summed E-state index contributed by atoms with van der Waals surface area (Å²) in [6.07, 6.45) is 0.0555. The molecule has 0 unspecified atom stereocenters. The molecule has 3 aromatic carbocycles. The van der Waals surface area contributed by atoms with Crippen molar-refractivity contribution in [2.75, 3.05) is 11.4 Å². The molecule has 3 rings (SSSR count). The normalized spacial score (nSPS) is 12.3. The molecule has 10 heteroatoms. The Labute approximate surface area is 213 Å². The number of anilines is 1. The topological polar surface area (TPSA) is 83.9 Å². The smallest absolute Gasteiger partial charge is 0.303 e. The van der Waals surface area contributed by atoms with Crippen molar-refractivity contribution in [2.24, 2.45) is 0 Å².